The third-order valence-corrected chi connectivity index (χ3v) is 13.5. The molecule has 4 saturated carbocycles. The lowest BCUT2D eigenvalue weighted by Gasteiger charge is -2.63. The average Bonchev–Trinajstić information content (AvgIpc) is 3.68. The molecule has 6 nitrogen and oxygen atoms in total. The van der Waals surface area contributed by atoms with Gasteiger partial charge in [0.1, 0.15) is 6.10 Å². The van der Waals surface area contributed by atoms with Crippen molar-refractivity contribution < 1.29 is 28.5 Å². The summed E-state index contributed by atoms with van der Waals surface area (Å²) in [5, 5.41) is 0. The standard InChI is InChI=1S/C40H52O6/c1-27(11-10-22-43-36(41)28-12-6-4-7-13-28)31-16-17-32-35-33(18-19-39(31,32)3)38(2)20-21-40(44-23-24-45-40)26-30(38)25-34(35)46-37(42)29-14-8-5-9-15-29/h4-9,12-15,27,30-35H,10-11,16-26H2,1-3H3/t27-,30+,31?,32?,33?,34-,35?,38?,39?/m1/s1. The van der Waals surface area contributed by atoms with Crippen molar-refractivity contribution in [3.63, 3.8) is 0 Å². The number of benzene rings is 2. The van der Waals surface area contributed by atoms with Gasteiger partial charge in [0.05, 0.1) is 30.9 Å². The van der Waals surface area contributed by atoms with Crippen molar-refractivity contribution in [3.05, 3.63) is 71.8 Å². The number of ether oxygens (including phenoxy) is 4. The highest BCUT2D eigenvalue weighted by Crippen LogP contribution is 2.69. The van der Waals surface area contributed by atoms with Crippen molar-refractivity contribution in [1.29, 1.82) is 0 Å². The number of esters is 2. The molecule has 0 radical (unpaired) electrons. The van der Waals surface area contributed by atoms with Crippen molar-refractivity contribution in [1.82, 2.24) is 0 Å². The van der Waals surface area contributed by atoms with Crippen molar-refractivity contribution in [2.45, 2.75) is 96.9 Å². The van der Waals surface area contributed by atoms with E-state index in [1.807, 2.05) is 48.5 Å². The number of fused-ring (bicyclic) bond motifs is 5. The van der Waals surface area contributed by atoms with E-state index < -0.39 is 5.79 Å². The van der Waals surface area contributed by atoms with Gasteiger partial charge < -0.3 is 18.9 Å². The van der Waals surface area contributed by atoms with E-state index in [1.54, 1.807) is 12.1 Å². The molecule has 2 aromatic rings. The van der Waals surface area contributed by atoms with Crippen LogP contribution in [0, 0.1) is 46.3 Å². The fraction of sp³-hybridized carbons (Fsp3) is 0.650. The van der Waals surface area contributed by atoms with Gasteiger partial charge in [0.2, 0.25) is 0 Å². The minimum absolute atomic E-state index is 0.0941. The van der Waals surface area contributed by atoms with Crippen LogP contribution in [0.3, 0.4) is 0 Å². The Morgan fingerprint density at radius 1 is 0.826 bits per heavy atom. The lowest BCUT2D eigenvalue weighted by molar-refractivity contribution is -0.242. The molecule has 1 spiro atoms. The van der Waals surface area contributed by atoms with Crippen LogP contribution in [0.15, 0.2) is 60.7 Å². The summed E-state index contributed by atoms with van der Waals surface area (Å²) in [4.78, 5) is 26.0. The van der Waals surface area contributed by atoms with Crippen molar-refractivity contribution in [3.8, 4) is 0 Å². The fourth-order valence-electron chi connectivity index (χ4n) is 11.2. The highest BCUT2D eigenvalue weighted by Gasteiger charge is 2.65. The molecule has 1 aliphatic heterocycles. The van der Waals surface area contributed by atoms with Crippen molar-refractivity contribution >= 4 is 11.9 Å². The van der Waals surface area contributed by atoms with E-state index in [4.69, 9.17) is 18.9 Å². The van der Waals surface area contributed by atoms with Crippen LogP contribution in [-0.4, -0.2) is 43.7 Å². The Bertz CT molecular complexity index is 1370. The lowest BCUT2D eigenvalue weighted by atomic mass is 9.43. The molecule has 2 aromatic carbocycles. The number of hydrogen-bond acceptors (Lipinski definition) is 6. The molecule has 0 aromatic heterocycles. The number of carbonyl (C=O) groups excluding carboxylic acids is 2. The second kappa shape index (κ2) is 12.7. The largest absolute Gasteiger partial charge is 0.462 e. The van der Waals surface area contributed by atoms with E-state index in [1.165, 1.54) is 25.7 Å². The molecule has 0 N–H and O–H groups in total. The zero-order valence-corrected chi connectivity index (χ0v) is 28.0. The molecule has 0 bridgehead atoms. The van der Waals surface area contributed by atoms with Gasteiger partial charge in [-0.05, 0) is 116 Å². The van der Waals surface area contributed by atoms with Gasteiger partial charge in [-0.3, -0.25) is 0 Å². The Kier molecular flexibility index (Phi) is 8.82. The second-order valence-corrected chi connectivity index (χ2v) is 15.7. The molecular weight excluding hydrogens is 576 g/mol. The van der Waals surface area contributed by atoms with E-state index in [0.29, 0.717) is 66.5 Å². The third kappa shape index (κ3) is 5.72. The van der Waals surface area contributed by atoms with Crippen LogP contribution in [0.5, 0.6) is 0 Å². The summed E-state index contributed by atoms with van der Waals surface area (Å²) in [5.41, 5.74) is 1.67. The summed E-state index contributed by atoms with van der Waals surface area (Å²) < 4.78 is 24.7. The Balaban J connectivity index is 1.07. The maximum atomic E-state index is 13.6. The van der Waals surface area contributed by atoms with Crippen LogP contribution >= 0.6 is 0 Å². The SMILES string of the molecule is C[C@H](CCCOC(=O)c1ccccc1)C1CCC2C3C(CCC21C)C1(C)CCC2(C[C@@H]1C[C@H]3OC(=O)c1ccccc1)OCCO2. The molecular formula is C40H52O6. The van der Waals surface area contributed by atoms with Gasteiger partial charge in [0.25, 0.3) is 0 Å². The summed E-state index contributed by atoms with van der Waals surface area (Å²) in [5.74, 6) is 2.15. The topological polar surface area (TPSA) is 71.1 Å². The fourth-order valence-corrected chi connectivity index (χ4v) is 11.2. The molecule has 46 heavy (non-hydrogen) atoms. The Hall–Kier alpha value is -2.70. The molecule has 6 unspecified atom stereocenters. The van der Waals surface area contributed by atoms with E-state index in [0.717, 1.165) is 38.5 Å². The molecule has 6 heteroatoms. The molecule has 9 atom stereocenters. The lowest BCUT2D eigenvalue weighted by Crippen LogP contribution is -2.60. The Morgan fingerprint density at radius 2 is 1.48 bits per heavy atom. The second-order valence-electron chi connectivity index (χ2n) is 15.7. The highest BCUT2D eigenvalue weighted by atomic mass is 16.7. The quantitative estimate of drug-likeness (QED) is 0.216. The minimum Gasteiger partial charge on any atom is -0.462 e. The van der Waals surface area contributed by atoms with Crippen LogP contribution < -0.4 is 0 Å². The van der Waals surface area contributed by atoms with Gasteiger partial charge in [-0.1, -0.05) is 57.2 Å². The molecule has 4 aliphatic carbocycles. The van der Waals surface area contributed by atoms with Crippen molar-refractivity contribution in [2.75, 3.05) is 19.8 Å². The summed E-state index contributed by atoms with van der Waals surface area (Å²) in [6, 6.07) is 18.8. The van der Waals surface area contributed by atoms with Crippen LogP contribution in [-0.2, 0) is 18.9 Å². The van der Waals surface area contributed by atoms with E-state index >= 15 is 0 Å². The maximum Gasteiger partial charge on any atom is 0.338 e. The molecule has 1 saturated heterocycles. The predicted octanol–water partition coefficient (Wildman–Crippen LogP) is 8.50. The van der Waals surface area contributed by atoms with E-state index in [2.05, 4.69) is 20.8 Å². The van der Waals surface area contributed by atoms with Crippen LogP contribution in [0.2, 0.25) is 0 Å². The first-order valence-electron chi connectivity index (χ1n) is 18.0. The van der Waals surface area contributed by atoms with Gasteiger partial charge in [0, 0.05) is 18.8 Å². The summed E-state index contributed by atoms with van der Waals surface area (Å²) >= 11 is 0. The molecule has 5 aliphatic rings. The smallest absolute Gasteiger partial charge is 0.338 e. The van der Waals surface area contributed by atoms with Gasteiger partial charge in [0.15, 0.2) is 5.79 Å². The number of carbonyl (C=O) groups is 2. The Labute approximate surface area is 274 Å². The Morgan fingerprint density at radius 3 is 2.17 bits per heavy atom. The monoisotopic (exact) mass is 628 g/mol. The van der Waals surface area contributed by atoms with Gasteiger partial charge >= 0.3 is 11.9 Å². The van der Waals surface area contributed by atoms with Gasteiger partial charge in [-0.15, -0.1) is 0 Å². The van der Waals surface area contributed by atoms with Crippen LogP contribution in [0.25, 0.3) is 0 Å². The molecule has 0 amide bonds. The van der Waals surface area contributed by atoms with Crippen LogP contribution in [0.4, 0.5) is 0 Å². The molecule has 1 heterocycles. The number of rotatable bonds is 8. The number of hydrogen-bond donors (Lipinski definition) is 0. The predicted molar refractivity (Wildman–Crippen MR) is 176 cm³/mol. The first-order valence-corrected chi connectivity index (χ1v) is 18.0. The highest BCUT2D eigenvalue weighted by molar-refractivity contribution is 5.89. The van der Waals surface area contributed by atoms with E-state index in [-0.39, 0.29) is 28.9 Å². The molecule has 5 fully saturated rings. The molecule has 248 valence electrons. The van der Waals surface area contributed by atoms with Gasteiger partial charge in [-0.25, -0.2) is 9.59 Å². The maximum absolute atomic E-state index is 13.6. The zero-order chi connectivity index (χ0) is 31.9. The summed E-state index contributed by atoms with van der Waals surface area (Å²) in [6.45, 7) is 9.33. The molecule has 7 rings (SSSR count). The van der Waals surface area contributed by atoms with Gasteiger partial charge in [-0.2, -0.15) is 0 Å². The minimum atomic E-state index is -0.447. The third-order valence-electron chi connectivity index (χ3n) is 13.5. The van der Waals surface area contributed by atoms with Crippen LogP contribution in [0.1, 0.15) is 106 Å². The normalized spacial score (nSPS) is 36.7. The first-order chi connectivity index (χ1) is 22.2. The van der Waals surface area contributed by atoms with E-state index in [9.17, 15) is 9.59 Å². The average molecular weight is 629 g/mol. The first kappa shape index (κ1) is 31.9. The zero-order valence-electron chi connectivity index (χ0n) is 28.0. The van der Waals surface area contributed by atoms with Crippen molar-refractivity contribution in [2.24, 2.45) is 46.3 Å². The summed E-state index contributed by atoms with van der Waals surface area (Å²) in [7, 11) is 0. The summed E-state index contributed by atoms with van der Waals surface area (Å²) in [6.07, 6.45) is 10.6.